The summed E-state index contributed by atoms with van der Waals surface area (Å²) >= 11 is 3.29. The van der Waals surface area contributed by atoms with Crippen molar-refractivity contribution in [2.75, 3.05) is 26.2 Å². The smallest absolute Gasteiger partial charge is 0.270 e. The van der Waals surface area contributed by atoms with Gasteiger partial charge >= 0.3 is 0 Å². The second-order valence-corrected chi connectivity index (χ2v) is 5.48. The van der Waals surface area contributed by atoms with Crippen LogP contribution in [0.1, 0.15) is 19.3 Å². The van der Waals surface area contributed by atoms with Crippen molar-refractivity contribution < 1.29 is 9.66 Å². The SMILES string of the molecule is O=[N+]([O-])c1ccc(OCCCN2CCCC2)c(Br)c1. The highest BCUT2D eigenvalue weighted by atomic mass is 79.9. The number of likely N-dealkylation sites (tertiary alicyclic amines) is 1. The quantitative estimate of drug-likeness (QED) is 0.457. The van der Waals surface area contributed by atoms with Gasteiger partial charge in [0.15, 0.2) is 0 Å². The number of halogens is 1. The van der Waals surface area contributed by atoms with Crippen LogP contribution in [0, 0.1) is 10.1 Å². The molecule has 0 N–H and O–H groups in total. The van der Waals surface area contributed by atoms with Crippen molar-refractivity contribution in [3.8, 4) is 5.75 Å². The van der Waals surface area contributed by atoms with Crippen LogP contribution in [0.3, 0.4) is 0 Å². The van der Waals surface area contributed by atoms with Gasteiger partial charge in [-0.05, 0) is 54.3 Å². The molecule has 0 amide bonds. The van der Waals surface area contributed by atoms with E-state index in [0.29, 0.717) is 16.8 Å². The van der Waals surface area contributed by atoms with E-state index in [1.807, 2.05) is 0 Å². The fourth-order valence-electron chi connectivity index (χ4n) is 2.20. The molecule has 0 atom stereocenters. The summed E-state index contributed by atoms with van der Waals surface area (Å²) in [6.07, 6.45) is 3.58. The van der Waals surface area contributed by atoms with Gasteiger partial charge in [-0.1, -0.05) is 0 Å². The maximum Gasteiger partial charge on any atom is 0.270 e. The zero-order chi connectivity index (χ0) is 13.7. The predicted octanol–water partition coefficient (Wildman–Crippen LogP) is 3.22. The Labute approximate surface area is 120 Å². The number of ether oxygens (including phenoxy) is 1. The van der Waals surface area contributed by atoms with Gasteiger partial charge in [0, 0.05) is 18.7 Å². The molecule has 1 aliphatic rings. The Morgan fingerprint density at radius 1 is 1.37 bits per heavy atom. The van der Waals surface area contributed by atoms with E-state index < -0.39 is 4.92 Å². The number of hydrogen-bond acceptors (Lipinski definition) is 4. The van der Waals surface area contributed by atoms with Crippen molar-refractivity contribution in [1.29, 1.82) is 0 Å². The molecular weight excluding hydrogens is 312 g/mol. The summed E-state index contributed by atoms with van der Waals surface area (Å²) in [4.78, 5) is 12.6. The van der Waals surface area contributed by atoms with Crippen molar-refractivity contribution in [3.63, 3.8) is 0 Å². The molecule has 0 saturated carbocycles. The van der Waals surface area contributed by atoms with Gasteiger partial charge < -0.3 is 9.64 Å². The van der Waals surface area contributed by atoms with Gasteiger partial charge in [0.2, 0.25) is 0 Å². The first-order valence-corrected chi connectivity index (χ1v) is 7.25. The highest BCUT2D eigenvalue weighted by Crippen LogP contribution is 2.29. The molecule has 1 aliphatic heterocycles. The molecule has 0 aliphatic carbocycles. The summed E-state index contributed by atoms with van der Waals surface area (Å²) in [5.41, 5.74) is 0.0660. The summed E-state index contributed by atoms with van der Waals surface area (Å²) in [6, 6.07) is 4.56. The lowest BCUT2D eigenvalue weighted by molar-refractivity contribution is -0.385. The van der Waals surface area contributed by atoms with Crippen molar-refractivity contribution in [2.45, 2.75) is 19.3 Å². The monoisotopic (exact) mass is 328 g/mol. The molecule has 1 heterocycles. The number of non-ortho nitro benzene ring substituents is 1. The van der Waals surface area contributed by atoms with Crippen LogP contribution >= 0.6 is 15.9 Å². The molecule has 1 aromatic rings. The van der Waals surface area contributed by atoms with Crippen LogP contribution in [0.5, 0.6) is 5.75 Å². The highest BCUT2D eigenvalue weighted by Gasteiger charge is 2.12. The van der Waals surface area contributed by atoms with Crippen LogP contribution in [-0.2, 0) is 0 Å². The first-order valence-electron chi connectivity index (χ1n) is 6.46. The number of benzene rings is 1. The zero-order valence-electron chi connectivity index (χ0n) is 10.7. The number of nitro benzene ring substituents is 1. The second kappa shape index (κ2) is 6.86. The summed E-state index contributed by atoms with van der Waals surface area (Å²) in [6.45, 7) is 4.08. The molecule has 0 aromatic heterocycles. The van der Waals surface area contributed by atoms with E-state index in [0.717, 1.165) is 13.0 Å². The van der Waals surface area contributed by atoms with Gasteiger partial charge in [-0.3, -0.25) is 10.1 Å². The largest absolute Gasteiger partial charge is 0.492 e. The molecule has 1 saturated heterocycles. The minimum absolute atomic E-state index is 0.0660. The third-order valence-corrected chi connectivity index (χ3v) is 3.82. The zero-order valence-corrected chi connectivity index (χ0v) is 12.3. The lowest BCUT2D eigenvalue weighted by Gasteiger charge is -2.14. The van der Waals surface area contributed by atoms with Crippen LogP contribution in [0.25, 0.3) is 0 Å². The molecule has 19 heavy (non-hydrogen) atoms. The first kappa shape index (κ1) is 14.3. The van der Waals surface area contributed by atoms with Crippen LogP contribution in [0.4, 0.5) is 5.69 Å². The fraction of sp³-hybridized carbons (Fsp3) is 0.538. The molecule has 0 spiro atoms. The highest BCUT2D eigenvalue weighted by molar-refractivity contribution is 9.10. The molecule has 1 fully saturated rings. The third kappa shape index (κ3) is 4.18. The lowest BCUT2D eigenvalue weighted by atomic mass is 10.3. The van der Waals surface area contributed by atoms with E-state index in [-0.39, 0.29) is 5.69 Å². The average Bonchev–Trinajstić information content (AvgIpc) is 2.89. The Morgan fingerprint density at radius 3 is 2.74 bits per heavy atom. The van der Waals surface area contributed by atoms with E-state index in [2.05, 4.69) is 20.8 Å². The Morgan fingerprint density at radius 2 is 2.11 bits per heavy atom. The van der Waals surface area contributed by atoms with Gasteiger partial charge in [0.05, 0.1) is 16.0 Å². The number of hydrogen-bond donors (Lipinski definition) is 0. The minimum Gasteiger partial charge on any atom is -0.492 e. The molecule has 104 valence electrons. The summed E-state index contributed by atoms with van der Waals surface area (Å²) in [5, 5.41) is 10.6. The standard InChI is InChI=1S/C13H17BrN2O3/c14-12-10-11(16(17)18)4-5-13(12)19-9-3-8-15-6-1-2-7-15/h4-5,10H,1-3,6-9H2. The predicted molar refractivity (Wildman–Crippen MR) is 76.6 cm³/mol. The van der Waals surface area contributed by atoms with E-state index in [1.54, 1.807) is 6.07 Å². The Hall–Kier alpha value is -1.14. The second-order valence-electron chi connectivity index (χ2n) is 4.62. The van der Waals surface area contributed by atoms with Crippen molar-refractivity contribution >= 4 is 21.6 Å². The molecule has 0 bridgehead atoms. The summed E-state index contributed by atoms with van der Waals surface area (Å²) in [5.74, 6) is 0.659. The first-order chi connectivity index (χ1) is 9.16. The third-order valence-electron chi connectivity index (χ3n) is 3.20. The van der Waals surface area contributed by atoms with Gasteiger partial charge in [-0.2, -0.15) is 0 Å². The van der Waals surface area contributed by atoms with Crippen molar-refractivity contribution in [1.82, 2.24) is 4.90 Å². The Balaban J connectivity index is 1.77. The lowest BCUT2D eigenvalue weighted by Crippen LogP contribution is -2.21. The van der Waals surface area contributed by atoms with Gasteiger partial charge in [0.25, 0.3) is 5.69 Å². The Bertz CT molecular complexity index is 448. The molecule has 2 rings (SSSR count). The molecular formula is C13H17BrN2O3. The van der Waals surface area contributed by atoms with Crippen LogP contribution in [0.15, 0.2) is 22.7 Å². The normalized spacial score (nSPS) is 15.6. The van der Waals surface area contributed by atoms with Crippen molar-refractivity contribution in [3.05, 3.63) is 32.8 Å². The van der Waals surface area contributed by atoms with Crippen LogP contribution in [-0.4, -0.2) is 36.1 Å². The van der Waals surface area contributed by atoms with E-state index >= 15 is 0 Å². The van der Waals surface area contributed by atoms with Gasteiger partial charge in [-0.15, -0.1) is 0 Å². The molecule has 1 aromatic carbocycles. The molecule has 0 unspecified atom stereocenters. The van der Waals surface area contributed by atoms with Crippen LogP contribution < -0.4 is 4.74 Å². The van der Waals surface area contributed by atoms with E-state index in [4.69, 9.17) is 4.74 Å². The van der Waals surface area contributed by atoms with Gasteiger partial charge in [0.1, 0.15) is 5.75 Å². The number of rotatable bonds is 6. The fourth-order valence-corrected chi connectivity index (χ4v) is 2.68. The molecule has 0 radical (unpaired) electrons. The van der Waals surface area contributed by atoms with E-state index in [1.165, 1.54) is 38.1 Å². The van der Waals surface area contributed by atoms with Gasteiger partial charge in [-0.25, -0.2) is 0 Å². The summed E-state index contributed by atoms with van der Waals surface area (Å²) < 4.78 is 6.26. The number of nitro groups is 1. The average molecular weight is 329 g/mol. The molecule has 6 heteroatoms. The Kier molecular flexibility index (Phi) is 5.15. The maximum atomic E-state index is 10.6. The number of nitrogens with zero attached hydrogens (tertiary/aromatic N) is 2. The summed E-state index contributed by atoms with van der Waals surface area (Å²) in [7, 11) is 0. The topological polar surface area (TPSA) is 55.6 Å². The van der Waals surface area contributed by atoms with Crippen molar-refractivity contribution in [2.24, 2.45) is 0 Å². The maximum absolute atomic E-state index is 10.6. The van der Waals surface area contributed by atoms with Crippen LogP contribution in [0.2, 0.25) is 0 Å². The van der Waals surface area contributed by atoms with E-state index in [9.17, 15) is 10.1 Å². The molecule has 5 nitrogen and oxygen atoms in total. The minimum atomic E-state index is -0.415.